The van der Waals surface area contributed by atoms with Crippen molar-refractivity contribution in [3.63, 3.8) is 0 Å². The summed E-state index contributed by atoms with van der Waals surface area (Å²) in [7, 11) is 0. The lowest BCUT2D eigenvalue weighted by atomic mass is 10.2. The molecule has 3 aromatic rings. The number of pyridine rings is 1. The number of nitrogens with zero attached hydrogens (tertiary/aromatic N) is 4. The van der Waals surface area contributed by atoms with Crippen molar-refractivity contribution >= 4 is 40.9 Å². The van der Waals surface area contributed by atoms with Crippen LogP contribution in [0.3, 0.4) is 0 Å². The van der Waals surface area contributed by atoms with Crippen LogP contribution in [0.2, 0.25) is 10.0 Å². The van der Waals surface area contributed by atoms with Crippen molar-refractivity contribution in [2.45, 2.75) is 30.5 Å². The van der Waals surface area contributed by atoms with Crippen molar-refractivity contribution < 1.29 is 9.21 Å². The van der Waals surface area contributed by atoms with Crippen LogP contribution in [0, 0.1) is 0 Å². The fourth-order valence-electron chi connectivity index (χ4n) is 2.68. The molecule has 1 amide bonds. The third-order valence-electron chi connectivity index (χ3n) is 4.23. The molecule has 144 valence electrons. The van der Waals surface area contributed by atoms with Gasteiger partial charge in [-0.15, -0.1) is 10.2 Å². The number of carbonyl (C=O) groups is 1. The first-order chi connectivity index (χ1) is 13.6. The van der Waals surface area contributed by atoms with Crippen LogP contribution in [0.5, 0.6) is 0 Å². The number of hydrogen-bond donors (Lipinski definition) is 0. The first-order valence-electron chi connectivity index (χ1n) is 8.71. The van der Waals surface area contributed by atoms with Crippen LogP contribution in [-0.2, 0) is 11.3 Å². The quantitative estimate of drug-likeness (QED) is 0.500. The van der Waals surface area contributed by atoms with Gasteiger partial charge in [-0.1, -0.05) is 47.1 Å². The van der Waals surface area contributed by atoms with Crippen molar-refractivity contribution in [3.8, 4) is 11.5 Å². The van der Waals surface area contributed by atoms with Crippen LogP contribution in [0.25, 0.3) is 11.5 Å². The molecular formula is C19H16Cl2N4O2S. The summed E-state index contributed by atoms with van der Waals surface area (Å²) >= 11 is 13.4. The van der Waals surface area contributed by atoms with Crippen LogP contribution in [0.15, 0.2) is 52.0 Å². The van der Waals surface area contributed by atoms with Gasteiger partial charge >= 0.3 is 0 Å². The average molecular weight is 435 g/mol. The summed E-state index contributed by atoms with van der Waals surface area (Å²) in [6, 6.07) is 11.1. The van der Waals surface area contributed by atoms with E-state index < -0.39 is 0 Å². The highest BCUT2D eigenvalue weighted by Crippen LogP contribution is 2.31. The lowest BCUT2D eigenvalue weighted by Gasteiger charge is -2.20. The van der Waals surface area contributed by atoms with Crippen molar-refractivity contribution in [3.05, 3.63) is 58.5 Å². The molecule has 1 aliphatic rings. The molecule has 1 saturated carbocycles. The van der Waals surface area contributed by atoms with E-state index in [-0.39, 0.29) is 24.2 Å². The van der Waals surface area contributed by atoms with Crippen LogP contribution in [0.1, 0.15) is 18.7 Å². The summed E-state index contributed by atoms with van der Waals surface area (Å²) in [5.41, 5.74) is 0.677. The first kappa shape index (κ1) is 19.2. The van der Waals surface area contributed by atoms with Gasteiger partial charge in [0, 0.05) is 12.2 Å². The van der Waals surface area contributed by atoms with Gasteiger partial charge in [0.1, 0.15) is 0 Å². The SMILES string of the molecule is O=C(CSc1ccc(Cl)cn1)N(Cc1nnc(-c2ccccc2Cl)o1)C1CC1. The zero-order chi connectivity index (χ0) is 19.5. The van der Waals surface area contributed by atoms with Crippen molar-refractivity contribution in [1.82, 2.24) is 20.1 Å². The van der Waals surface area contributed by atoms with Gasteiger partial charge in [-0.2, -0.15) is 0 Å². The predicted molar refractivity (Wildman–Crippen MR) is 108 cm³/mol. The molecule has 4 rings (SSSR count). The molecule has 0 bridgehead atoms. The molecule has 1 fully saturated rings. The number of carbonyl (C=O) groups excluding carboxylic acids is 1. The zero-order valence-electron chi connectivity index (χ0n) is 14.7. The van der Waals surface area contributed by atoms with E-state index in [4.69, 9.17) is 27.6 Å². The Balaban J connectivity index is 1.42. The summed E-state index contributed by atoms with van der Waals surface area (Å²) in [6.07, 6.45) is 3.55. The number of rotatable bonds is 7. The van der Waals surface area contributed by atoms with E-state index >= 15 is 0 Å². The van der Waals surface area contributed by atoms with Crippen LogP contribution in [-0.4, -0.2) is 37.8 Å². The third kappa shape index (κ3) is 4.66. The molecule has 0 N–H and O–H groups in total. The molecule has 1 aliphatic carbocycles. The summed E-state index contributed by atoms with van der Waals surface area (Å²) < 4.78 is 5.75. The van der Waals surface area contributed by atoms with Gasteiger partial charge in [-0.3, -0.25) is 4.79 Å². The molecule has 2 heterocycles. The van der Waals surface area contributed by atoms with Gasteiger partial charge in [-0.25, -0.2) is 4.98 Å². The maximum Gasteiger partial charge on any atom is 0.249 e. The Hall–Kier alpha value is -2.09. The monoisotopic (exact) mass is 434 g/mol. The highest BCUT2D eigenvalue weighted by Gasteiger charge is 2.33. The molecule has 28 heavy (non-hydrogen) atoms. The minimum Gasteiger partial charge on any atom is -0.419 e. The molecular weight excluding hydrogens is 419 g/mol. The summed E-state index contributed by atoms with van der Waals surface area (Å²) in [5, 5.41) is 10.0. The summed E-state index contributed by atoms with van der Waals surface area (Å²) in [6.45, 7) is 0.287. The maximum atomic E-state index is 12.7. The Morgan fingerprint density at radius 1 is 1.18 bits per heavy atom. The number of thioether (sulfide) groups is 1. The lowest BCUT2D eigenvalue weighted by molar-refractivity contribution is -0.129. The molecule has 0 atom stereocenters. The van der Waals surface area contributed by atoms with Crippen LogP contribution in [0.4, 0.5) is 0 Å². The van der Waals surface area contributed by atoms with E-state index in [1.807, 2.05) is 18.2 Å². The summed E-state index contributed by atoms with van der Waals surface area (Å²) in [5.74, 6) is 1.05. The topological polar surface area (TPSA) is 72.1 Å². The molecule has 9 heteroatoms. The molecule has 0 saturated heterocycles. The van der Waals surface area contributed by atoms with Crippen LogP contribution < -0.4 is 0 Å². The number of aromatic nitrogens is 3. The second kappa shape index (κ2) is 8.51. The minimum absolute atomic E-state index is 0.0155. The Bertz CT molecular complexity index is 976. The fraction of sp³-hybridized carbons (Fsp3) is 0.263. The summed E-state index contributed by atoms with van der Waals surface area (Å²) in [4.78, 5) is 18.7. The number of amides is 1. The lowest BCUT2D eigenvalue weighted by Crippen LogP contribution is -2.34. The fourth-order valence-corrected chi connectivity index (χ4v) is 3.74. The molecule has 0 spiro atoms. The molecule has 0 radical (unpaired) electrons. The van der Waals surface area contributed by atoms with E-state index in [2.05, 4.69) is 15.2 Å². The van der Waals surface area contributed by atoms with E-state index in [0.717, 1.165) is 17.9 Å². The smallest absolute Gasteiger partial charge is 0.249 e. The molecule has 2 aromatic heterocycles. The van der Waals surface area contributed by atoms with Crippen LogP contribution >= 0.6 is 35.0 Å². The molecule has 6 nitrogen and oxygen atoms in total. The largest absolute Gasteiger partial charge is 0.419 e. The van der Waals surface area contributed by atoms with Gasteiger partial charge in [0.05, 0.1) is 32.9 Å². The van der Waals surface area contributed by atoms with Gasteiger partial charge < -0.3 is 9.32 Å². The minimum atomic E-state index is 0.0155. The molecule has 1 aromatic carbocycles. The molecule has 0 aliphatic heterocycles. The van der Waals surface area contributed by atoms with Crippen molar-refractivity contribution in [1.29, 1.82) is 0 Å². The Morgan fingerprint density at radius 2 is 2.00 bits per heavy atom. The van der Waals surface area contributed by atoms with Gasteiger partial charge in [-0.05, 0) is 37.1 Å². The standard InChI is InChI=1S/C19H16Cl2N4O2S/c20-12-5-8-17(22-9-12)28-11-18(26)25(13-6-7-13)10-16-23-24-19(27-16)14-3-1-2-4-15(14)21/h1-5,8-9,13H,6-7,10-11H2. The van der Waals surface area contributed by atoms with Gasteiger partial charge in [0.15, 0.2) is 0 Å². The zero-order valence-corrected chi connectivity index (χ0v) is 17.0. The normalized spacial score (nSPS) is 13.5. The highest BCUT2D eigenvalue weighted by atomic mass is 35.5. The van der Waals surface area contributed by atoms with E-state index in [9.17, 15) is 4.79 Å². The third-order valence-corrected chi connectivity index (χ3v) is 5.71. The second-order valence-electron chi connectivity index (χ2n) is 6.34. The predicted octanol–water partition coefficient (Wildman–Crippen LogP) is 4.72. The average Bonchev–Trinajstić information content (AvgIpc) is 3.44. The first-order valence-corrected chi connectivity index (χ1v) is 10.5. The van der Waals surface area contributed by atoms with Gasteiger partial charge in [0.25, 0.3) is 0 Å². The Labute approximate surface area is 176 Å². The molecule has 0 unspecified atom stereocenters. The Kier molecular flexibility index (Phi) is 5.85. The van der Waals surface area contributed by atoms with Crippen molar-refractivity contribution in [2.24, 2.45) is 0 Å². The number of hydrogen-bond acceptors (Lipinski definition) is 6. The second-order valence-corrected chi connectivity index (χ2v) is 8.18. The van der Waals surface area contributed by atoms with Gasteiger partial charge in [0.2, 0.25) is 17.7 Å². The highest BCUT2D eigenvalue weighted by molar-refractivity contribution is 7.99. The van der Waals surface area contributed by atoms with Crippen molar-refractivity contribution in [2.75, 3.05) is 5.75 Å². The van der Waals surface area contributed by atoms with E-state index in [0.29, 0.717) is 27.4 Å². The Morgan fingerprint density at radius 3 is 2.71 bits per heavy atom. The maximum absolute atomic E-state index is 12.7. The number of benzene rings is 1. The van der Waals surface area contributed by atoms with E-state index in [1.54, 1.807) is 29.3 Å². The number of halogens is 2. The van der Waals surface area contributed by atoms with E-state index in [1.165, 1.54) is 11.8 Å².